The number of aryl methyl sites for hydroxylation is 1. The van der Waals surface area contributed by atoms with E-state index in [9.17, 15) is 4.79 Å². The fraction of sp³-hybridized carbons (Fsp3) is 0.0588. The van der Waals surface area contributed by atoms with Crippen LogP contribution in [-0.2, 0) is 0 Å². The van der Waals surface area contributed by atoms with Crippen molar-refractivity contribution in [3.05, 3.63) is 70.9 Å². The molecule has 1 aromatic heterocycles. The topological polar surface area (TPSA) is 57.8 Å². The summed E-state index contributed by atoms with van der Waals surface area (Å²) in [6.07, 6.45) is 0. The number of hydrogen-bond acceptors (Lipinski definition) is 2. The van der Waals surface area contributed by atoms with Gasteiger partial charge in [-0.3, -0.25) is 9.89 Å². The number of carbonyl (C=O) groups excluding carboxylic acids is 1. The zero-order chi connectivity index (χ0) is 15.5. The number of aromatic amines is 1. The highest BCUT2D eigenvalue weighted by Gasteiger charge is 2.20. The Bertz CT molecular complexity index is 812. The Kier molecular flexibility index (Phi) is 3.94. The molecule has 0 aliphatic carbocycles. The van der Waals surface area contributed by atoms with E-state index in [2.05, 4.69) is 15.5 Å². The van der Waals surface area contributed by atoms with Gasteiger partial charge in [0.25, 0.3) is 5.91 Å². The van der Waals surface area contributed by atoms with E-state index >= 15 is 0 Å². The fourth-order valence-electron chi connectivity index (χ4n) is 2.27. The number of H-pyrrole nitrogens is 1. The summed E-state index contributed by atoms with van der Waals surface area (Å²) in [7, 11) is 0. The molecule has 0 aliphatic heterocycles. The standard InChI is InChI=1S/C17H14ClN3O/c1-11-15(17(22)19-12-7-3-2-4-8-12)16(21-20-11)13-9-5-6-10-14(13)18/h2-10H,1H3,(H,19,22)(H,20,21). The average Bonchev–Trinajstić information content (AvgIpc) is 2.90. The third kappa shape index (κ3) is 2.73. The minimum Gasteiger partial charge on any atom is -0.322 e. The molecule has 4 nitrogen and oxygen atoms in total. The molecule has 3 rings (SSSR count). The van der Waals surface area contributed by atoms with E-state index in [1.54, 1.807) is 6.07 Å². The smallest absolute Gasteiger partial charge is 0.259 e. The molecule has 0 bridgehead atoms. The van der Waals surface area contributed by atoms with Crippen molar-refractivity contribution >= 4 is 23.2 Å². The number of nitrogens with zero attached hydrogens (tertiary/aromatic N) is 1. The number of amides is 1. The van der Waals surface area contributed by atoms with Crippen LogP contribution in [0, 0.1) is 6.92 Å². The van der Waals surface area contributed by atoms with E-state index in [1.807, 2.05) is 55.5 Å². The maximum atomic E-state index is 12.6. The summed E-state index contributed by atoms with van der Waals surface area (Å²) in [6, 6.07) is 16.6. The second-order valence-corrected chi connectivity index (χ2v) is 5.28. The van der Waals surface area contributed by atoms with Gasteiger partial charge in [-0.25, -0.2) is 0 Å². The highest BCUT2D eigenvalue weighted by molar-refractivity contribution is 6.33. The Hall–Kier alpha value is -2.59. The van der Waals surface area contributed by atoms with Gasteiger partial charge in [-0.05, 0) is 25.1 Å². The van der Waals surface area contributed by atoms with Crippen molar-refractivity contribution in [1.82, 2.24) is 10.2 Å². The molecule has 0 aliphatic rings. The van der Waals surface area contributed by atoms with Crippen molar-refractivity contribution in [2.24, 2.45) is 0 Å². The number of halogens is 1. The van der Waals surface area contributed by atoms with Gasteiger partial charge < -0.3 is 5.32 Å². The molecule has 2 N–H and O–H groups in total. The molecule has 5 heteroatoms. The van der Waals surface area contributed by atoms with Crippen molar-refractivity contribution in [3.8, 4) is 11.3 Å². The summed E-state index contributed by atoms with van der Waals surface area (Å²) in [5, 5.41) is 10.5. The highest BCUT2D eigenvalue weighted by Crippen LogP contribution is 2.30. The van der Waals surface area contributed by atoms with Gasteiger partial charge >= 0.3 is 0 Å². The van der Waals surface area contributed by atoms with Gasteiger partial charge in [0.15, 0.2) is 0 Å². The minimum absolute atomic E-state index is 0.215. The van der Waals surface area contributed by atoms with Gasteiger partial charge in [-0.15, -0.1) is 0 Å². The fourth-order valence-corrected chi connectivity index (χ4v) is 2.50. The summed E-state index contributed by atoms with van der Waals surface area (Å²) in [4.78, 5) is 12.6. The number of hydrogen-bond donors (Lipinski definition) is 2. The van der Waals surface area contributed by atoms with Gasteiger partial charge in [0.05, 0.1) is 10.6 Å². The summed E-state index contributed by atoms with van der Waals surface area (Å²) in [5.41, 5.74) is 3.21. The Morgan fingerprint density at radius 2 is 1.77 bits per heavy atom. The van der Waals surface area contributed by atoms with E-state index in [1.165, 1.54) is 0 Å². The molecule has 3 aromatic rings. The van der Waals surface area contributed by atoms with Crippen molar-refractivity contribution in [2.75, 3.05) is 5.32 Å². The predicted octanol–water partition coefficient (Wildman–Crippen LogP) is 4.29. The van der Waals surface area contributed by atoms with Crippen LogP contribution >= 0.6 is 11.6 Å². The molecular weight excluding hydrogens is 298 g/mol. The molecule has 1 amide bonds. The normalized spacial score (nSPS) is 10.5. The van der Waals surface area contributed by atoms with Crippen LogP contribution in [0.2, 0.25) is 5.02 Å². The molecule has 0 atom stereocenters. The maximum Gasteiger partial charge on any atom is 0.259 e. The Morgan fingerprint density at radius 1 is 1.09 bits per heavy atom. The number of carbonyl (C=O) groups is 1. The first kappa shape index (κ1) is 14.4. The lowest BCUT2D eigenvalue weighted by atomic mass is 10.1. The largest absolute Gasteiger partial charge is 0.322 e. The number of aromatic nitrogens is 2. The number of benzene rings is 2. The van der Waals surface area contributed by atoms with Gasteiger partial charge in [-0.2, -0.15) is 5.10 Å². The Morgan fingerprint density at radius 3 is 2.50 bits per heavy atom. The van der Waals surface area contributed by atoms with Gasteiger partial charge in [0.1, 0.15) is 5.69 Å². The zero-order valence-corrected chi connectivity index (χ0v) is 12.7. The zero-order valence-electron chi connectivity index (χ0n) is 11.9. The number of nitrogens with one attached hydrogen (secondary N) is 2. The Balaban J connectivity index is 1.99. The SMILES string of the molecule is Cc1[nH]nc(-c2ccccc2Cl)c1C(=O)Nc1ccccc1. The second kappa shape index (κ2) is 6.03. The van der Waals surface area contributed by atoms with Crippen molar-refractivity contribution in [3.63, 3.8) is 0 Å². The molecule has 110 valence electrons. The van der Waals surface area contributed by atoms with Gasteiger partial charge in [0, 0.05) is 16.9 Å². The van der Waals surface area contributed by atoms with Gasteiger partial charge in [-0.1, -0.05) is 48.0 Å². The van der Waals surface area contributed by atoms with Crippen LogP contribution in [0.3, 0.4) is 0 Å². The first-order valence-corrected chi connectivity index (χ1v) is 7.21. The molecule has 0 unspecified atom stereocenters. The lowest BCUT2D eigenvalue weighted by Gasteiger charge is -2.07. The van der Waals surface area contributed by atoms with Crippen molar-refractivity contribution in [1.29, 1.82) is 0 Å². The van der Waals surface area contributed by atoms with Crippen molar-refractivity contribution < 1.29 is 4.79 Å². The molecular formula is C17H14ClN3O. The van der Waals surface area contributed by atoms with Crippen LogP contribution in [0.4, 0.5) is 5.69 Å². The first-order valence-electron chi connectivity index (χ1n) is 6.83. The third-order valence-electron chi connectivity index (χ3n) is 3.33. The number of para-hydroxylation sites is 1. The van der Waals surface area contributed by atoms with Crippen LogP contribution < -0.4 is 5.32 Å². The van der Waals surface area contributed by atoms with Crippen molar-refractivity contribution in [2.45, 2.75) is 6.92 Å². The molecule has 0 spiro atoms. The summed E-state index contributed by atoms with van der Waals surface area (Å²) >= 11 is 6.22. The number of anilines is 1. The molecule has 22 heavy (non-hydrogen) atoms. The first-order chi connectivity index (χ1) is 10.7. The molecule has 2 aromatic carbocycles. The molecule has 0 saturated heterocycles. The predicted molar refractivity (Wildman–Crippen MR) is 88.2 cm³/mol. The average molecular weight is 312 g/mol. The van der Waals surface area contributed by atoms with E-state index in [4.69, 9.17) is 11.6 Å². The van der Waals surface area contributed by atoms with E-state index in [0.29, 0.717) is 22.0 Å². The highest BCUT2D eigenvalue weighted by atomic mass is 35.5. The molecule has 0 saturated carbocycles. The van der Waals surface area contributed by atoms with Crippen LogP contribution in [0.15, 0.2) is 54.6 Å². The maximum absolute atomic E-state index is 12.6. The second-order valence-electron chi connectivity index (χ2n) is 4.87. The van der Waals surface area contributed by atoms with Crippen LogP contribution in [0.25, 0.3) is 11.3 Å². The summed E-state index contributed by atoms with van der Waals surface area (Å²) < 4.78 is 0. The lowest BCUT2D eigenvalue weighted by Crippen LogP contribution is -2.13. The molecule has 1 heterocycles. The quantitative estimate of drug-likeness (QED) is 0.758. The number of rotatable bonds is 3. The van der Waals surface area contributed by atoms with Crippen LogP contribution in [0.5, 0.6) is 0 Å². The molecule has 0 radical (unpaired) electrons. The van der Waals surface area contributed by atoms with Crippen LogP contribution in [-0.4, -0.2) is 16.1 Å². The van der Waals surface area contributed by atoms with Gasteiger partial charge in [0.2, 0.25) is 0 Å². The Labute approximate surface area is 133 Å². The van der Waals surface area contributed by atoms with E-state index in [-0.39, 0.29) is 5.91 Å². The van der Waals surface area contributed by atoms with E-state index in [0.717, 1.165) is 11.3 Å². The summed E-state index contributed by atoms with van der Waals surface area (Å²) in [6.45, 7) is 1.81. The monoisotopic (exact) mass is 311 g/mol. The summed E-state index contributed by atoms with van der Waals surface area (Å²) in [5.74, 6) is -0.215. The third-order valence-corrected chi connectivity index (χ3v) is 3.66. The minimum atomic E-state index is -0.215. The van der Waals surface area contributed by atoms with Crippen LogP contribution in [0.1, 0.15) is 16.1 Å². The van der Waals surface area contributed by atoms with E-state index < -0.39 is 0 Å². The lowest BCUT2D eigenvalue weighted by molar-refractivity contribution is 0.102. The molecule has 0 fully saturated rings.